The van der Waals surface area contributed by atoms with Crippen LogP contribution in [0.5, 0.6) is 17.2 Å². The van der Waals surface area contributed by atoms with Crippen LogP contribution < -0.4 is 15.2 Å². The van der Waals surface area contributed by atoms with Crippen LogP contribution >= 0.6 is 0 Å². The molecule has 6 heteroatoms. The molecule has 6 nitrogen and oxygen atoms in total. The van der Waals surface area contributed by atoms with Crippen LogP contribution in [0.2, 0.25) is 0 Å². The second-order valence-electron chi connectivity index (χ2n) is 4.87. The zero-order valence-electron chi connectivity index (χ0n) is 11.1. The lowest BCUT2D eigenvalue weighted by molar-refractivity contribution is 0.172. The Bertz CT molecular complexity index is 799. The van der Waals surface area contributed by atoms with E-state index in [0.717, 1.165) is 16.6 Å². The Hall–Kier alpha value is -2.89. The number of ether oxygens (including phenoxy) is 2. The first-order valence-electron chi connectivity index (χ1n) is 6.59. The van der Waals surface area contributed by atoms with Gasteiger partial charge >= 0.3 is 0 Å². The van der Waals surface area contributed by atoms with Gasteiger partial charge in [-0.2, -0.15) is 0 Å². The summed E-state index contributed by atoms with van der Waals surface area (Å²) in [5, 5.41) is 9.70. The van der Waals surface area contributed by atoms with Crippen LogP contribution in [0.3, 0.4) is 0 Å². The van der Waals surface area contributed by atoms with Crippen LogP contribution in [-0.4, -0.2) is 28.3 Å². The molecular formula is C15H13N3O3. The van der Waals surface area contributed by atoms with Gasteiger partial charge < -0.3 is 25.3 Å². The Balaban J connectivity index is 1.84. The highest BCUT2D eigenvalue weighted by Gasteiger charge is 2.15. The van der Waals surface area contributed by atoms with E-state index < -0.39 is 0 Å². The first-order valence-corrected chi connectivity index (χ1v) is 6.59. The lowest BCUT2D eigenvalue weighted by atomic mass is 10.2. The molecule has 2 aromatic carbocycles. The van der Waals surface area contributed by atoms with Crippen molar-refractivity contribution in [3.8, 4) is 28.6 Å². The number of aromatic nitrogens is 2. The number of nitrogens with zero attached hydrogens (tertiary/aromatic N) is 1. The van der Waals surface area contributed by atoms with Gasteiger partial charge in [0.25, 0.3) is 0 Å². The summed E-state index contributed by atoms with van der Waals surface area (Å²) in [6, 6.07) is 8.76. The number of phenolic OH excluding ortho intramolecular Hbond substituents is 1. The molecule has 1 aromatic heterocycles. The van der Waals surface area contributed by atoms with Crippen molar-refractivity contribution in [3.05, 3.63) is 30.3 Å². The van der Waals surface area contributed by atoms with Crippen molar-refractivity contribution >= 4 is 16.7 Å². The largest absolute Gasteiger partial charge is 0.506 e. The van der Waals surface area contributed by atoms with Gasteiger partial charge in [0.2, 0.25) is 0 Å². The Morgan fingerprint density at radius 1 is 1.10 bits per heavy atom. The van der Waals surface area contributed by atoms with Gasteiger partial charge in [0.1, 0.15) is 24.8 Å². The monoisotopic (exact) mass is 283 g/mol. The number of aromatic amines is 1. The quantitative estimate of drug-likeness (QED) is 0.470. The molecule has 0 bridgehead atoms. The summed E-state index contributed by atoms with van der Waals surface area (Å²) in [5.41, 5.74) is 8.35. The fourth-order valence-electron chi connectivity index (χ4n) is 2.37. The standard InChI is InChI=1S/C15H13N3O3/c16-9-2-1-8(5-12(9)19)15-17-10-6-13-14(7-11(10)18-15)21-4-3-20-13/h1-2,5-7,19H,3-4,16H2,(H,17,18). The fourth-order valence-corrected chi connectivity index (χ4v) is 2.37. The third kappa shape index (κ3) is 1.92. The summed E-state index contributed by atoms with van der Waals surface area (Å²) in [4.78, 5) is 7.73. The van der Waals surface area contributed by atoms with Crippen molar-refractivity contribution < 1.29 is 14.6 Å². The van der Waals surface area contributed by atoms with Crippen molar-refractivity contribution in [1.82, 2.24) is 9.97 Å². The summed E-state index contributed by atoms with van der Waals surface area (Å²) in [6.45, 7) is 1.09. The average molecular weight is 283 g/mol. The Morgan fingerprint density at radius 3 is 2.62 bits per heavy atom. The number of benzene rings is 2. The highest BCUT2D eigenvalue weighted by molar-refractivity contribution is 5.83. The molecule has 1 aliphatic rings. The third-order valence-electron chi connectivity index (χ3n) is 3.45. The van der Waals surface area contributed by atoms with Gasteiger partial charge in [-0.25, -0.2) is 4.98 Å². The number of rotatable bonds is 1. The minimum atomic E-state index is 0.0407. The number of hydrogen-bond donors (Lipinski definition) is 3. The van der Waals surface area contributed by atoms with E-state index in [-0.39, 0.29) is 5.75 Å². The van der Waals surface area contributed by atoms with Gasteiger partial charge in [-0.1, -0.05) is 0 Å². The fraction of sp³-hybridized carbons (Fsp3) is 0.133. The molecule has 21 heavy (non-hydrogen) atoms. The van der Waals surface area contributed by atoms with Crippen molar-refractivity contribution in [2.45, 2.75) is 0 Å². The maximum atomic E-state index is 9.70. The SMILES string of the molecule is Nc1ccc(-c2nc3cc4c(cc3[nH]2)OCCO4)cc1O. The van der Waals surface area contributed by atoms with Gasteiger partial charge in [-0.05, 0) is 18.2 Å². The van der Waals surface area contributed by atoms with E-state index in [2.05, 4.69) is 9.97 Å². The predicted octanol–water partition coefficient (Wildman–Crippen LogP) is 2.29. The van der Waals surface area contributed by atoms with E-state index in [9.17, 15) is 5.11 Å². The van der Waals surface area contributed by atoms with Gasteiger partial charge in [0, 0.05) is 17.7 Å². The van der Waals surface area contributed by atoms with Crippen LogP contribution in [0.15, 0.2) is 30.3 Å². The number of nitrogen functional groups attached to an aromatic ring is 1. The van der Waals surface area contributed by atoms with Crippen LogP contribution in [0.25, 0.3) is 22.4 Å². The van der Waals surface area contributed by atoms with Gasteiger partial charge in [0.05, 0.1) is 16.7 Å². The molecule has 4 N–H and O–H groups in total. The number of nitrogens with one attached hydrogen (secondary N) is 1. The zero-order chi connectivity index (χ0) is 14.4. The molecule has 4 rings (SSSR count). The Morgan fingerprint density at radius 2 is 1.86 bits per heavy atom. The molecule has 0 unspecified atom stereocenters. The molecule has 0 saturated heterocycles. The summed E-state index contributed by atoms with van der Waals surface area (Å²) >= 11 is 0. The van der Waals surface area contributed by atoms with Gasteiger partial charge in [-0.15, -0.1) is 0 Å². The minimum absolute atomic E-state index is 0.0407. The van der Waals surface area contributed by atoms with E-state index in [1.165, 1.54) is 0 Å². The molecule has 2 heterocycles. The number of aromatic hydroxyl groups is 1. The number of nitrogens with two attached hydrogens (primary N) is 1. The molecule has 0 saturated carbocycles. The number of phenols is 1. The average Bonchev–Trinajstić information content (AvgIpc) is 2.90. The van der Waals surface area contributed by atoms with E-state index in [0.29, 0.717) is 36.2 Å². The van der Waals surface area contributed by atoms with Crippen LogP contribution in [0.1, 0.15) is 0 Å². The van der Waals surface area contributed by atoms with E-state index in [1.54, 1.807) is 18.2 Å². The highest BCUT2D eigenvalue weighted by Crippen LogP contribution is 2.35. The number of fused-ring (bicyclic) bond motifs is 2. The molecule has 0 spiro atoms. The van der Waals surface area contributed by atoms with Gasteiger partial charge in [-0.3, -0.25) is 0 Å². The van der Waals surface area contributed by atoms with Crippen LogP contribution in [0, 0.1) is 0 Å². The minimum Gasteiger partial charge on any atom is -0.506 e. The summed E-state index contributed by atoms with van der Waals surface area (Å²) < 4.78 is 11.1. The number of imidazole rings is 1. The highest BCUT2D eigenvalue weighted by atomic mass is 16.6. The Kier molecular flexibility index (Phi) is 2.44. The van der Waals surface area contributed by atoms with Crippen molar-refractivity contribution in [2.24, 2.45) is 0 Å². The molecule has 1 aliphatic heterocycles. The molecule has 0 aliphatic carbocycles. The van der Waals surface area contributed by atoms with Crippen molar-refractivity contribution in [3.63, 3.8) is 0 Å². The van der Waals surface area contributed by atoms with Gasteiger partial charge in [0.15, 0.2) is 11.5 Å². The maximum absolute atomic E-state index is 9.70. The van der Waals surface area contributed by atoms with Crippen LogP contribution in [-0.2, 0) is 0 Å². The molecule has 3 aromatic rings. The summed E-state index contributed by atoms with van der Waals surface area (Å²) in [5.74, 6) is 2.11. The number of H-pyrrole nitrogens is 1. The lowest BCUT2D eigenvalue weighted by Crippen LogP contribution is -2.15. The molecule has 106 valence electrons. The Labute approximate surface area is 120 Å². The number of hydrogen-bond acceptors (Lipinski definition) is 5. The smallest absolute Gasteiger partial charge is 0.163 e. The van der Waals surface area contributed by atoms with Crippen molar-refractivity contribution in [1.29, 1.82) is 0 Å². The molecular weight excluding hydrogens is 270 g/mol. The van der Waals surface area contributed by atoms with E-state index in [4.69, 9.17) is 15.2 Å². The number of anilines is 1. The zero-order valence-corrected chi connectivity index (χ0v) is 11.1. The first kappa shape index (κ1) is 11.9. The topological polar surface area (TPSA) is 93.4 Å². The molecule has 0 amide bonds. The molecule has 0 fully saturated rings. The van der Waals surface area contributed by atoms with E-state index in [1.807, 2.05) is 12.1 Å². The summed E-state index contributed by atoms with van der Waals surface area (Å²) in [7, 11) is 0. The molecule has 0 atom stereocenters. The first-order chi connectivity index (χ1) is 10.2. The third-order valence-corrected chi connectivity index (χ3v) is 3.45. The van der Waals surface area contributed by atoms with Crippen molar-refractivity contribution in [2.75, 3.05) is 18.9 Å². The summed E-state index contributed by atoms with van der Waals surface area (Å²) in [6.07, 6.45) is 0. The van der Waals surface area contributed by atoms with Crippen LogP contribution in [0.4, 0.5) is 5.69 Å². The maximum Gasteiger partial charge on any atom is 0.163 e. The second kappa shape index (κ2) is 4.31. The lowest BCUT2D eigenvalue weighted by Gasteiger charge is -2.17. The molecule has 0 radical (unpaired) electrons. The normalized spacial score (nSPS) is 13.5. The second-order valence-corrected chi connectivity index (χ2v) is 4.87. The predicted molar refractivity (Wildman–Crippen MR) is 78.6 cm³/mol. The van der Waals surface area contributed by atoms with E-state index >= 15 is 0 Å².